The van der Waals surface area contributed by atoms with Gasteiger partial charge in [-0.15, -0.1) is 0 Å². The Bertz CT molecular complexity index is 662. The molecule has 1 aromatic carbocycles. The first-order valence-electron chi connectivity index (χ1n) is 5.48. The predicted molar refractivity (Wildman–Crippen MR) is 67.0 cm³/mol. The van der Waals surface area contributed by atoms with Crippen molar-refractivity contribution in [2.45, 2.75) is 4.90 Å². The van der Waals surface area contributed by atoms with Gasteiger partial charge >= 0.3 is 0 Å². The summed E-state index contributed by atoms with van der Waals surface area (Å²) in [6, 6.07) is 4.84. The molecule has 0 aliphatic carbocycles. The lowest BCUT2D eigenvalue weighted by molar-refractivity contribution is 0.0730. The molecule has 96 valence electrons. The number of aromatic nitrogens is 2. The summed E-state index contributed by atoms with van der Waals surface area (Å²) in [5.74, 6) is 0. The number of ether oxygens (including phenoxy) is 1. The molecule has 1 aromatic heterocycles. The Kier molecular flexibility index (Phi) is 3.02. The third-order valence-electron chi connectivity index (χ3n) is 2.83. The minimum Gasteiger partial charge on any atom is -0.379 e. The molecule has 2 heterocycles. The minimum absolute atomic E-state index is 0.268. The molecule has 8 heteroatoms. The molecule has 1 fully saturated rings. The molecular weight excluding hydrogens is 274 g/mol. The Morgan fingerprint density at radius 1 is 1.17 bits per heavy atom. The third kappa shape index (κ3) is 2.01. The highest BCUT2D eigenvalue weighted by atomic mass is 32.2. The second-order valence-corrected chi connectivity index (χ2v) is 6.40. The zero-order valence-electron chi connectivity index (χ0n) is 9.44. The SMILES string of the molecule is O=S(=O)(c1ccc2nsnc2c1)N1CCOCC1. The Hall–Kier alpha value is -1.09. The van der Waals surface area contributed by atoms with Crippen molar-refractivity contribution in [3.63, 3.8) is 0 Å². The molecule has 0 saturated carbocycles. The summed E-state index contributed by atoms with van der Waals surface area (Å²) in [6.45, 7) is 1.69. The topological polar surface area (TPSA) is 72.4 Å². The van der Waals surface area contributed by atoms with E-state index in [1.807, 2.05) is 0 Å². The number of fused-ring (bicyclic) bond motifs is 1. The van der Waals surface area contributed by atoms with Gasteiger partial charge in [0.15, 0.2) is 0 Å². The van der Waals surface area contributed by atoms with Crippen LogP contribution < -0.4 is 0 Å². The lowest BCUT2D eigenvalue weighted by Crippen LogP contribution is -2.40. The van der Waals surface area contributed by atoms with Crippen LogP contribution in [0.1, 0.15) is 0 Å². The number of hydrogen-bond acceptors (Lipinski definition) is 6. The van der Waals surface area contributed by atoms with Crippen LogP contribution in [0.3, 0.4) is 0 Å². The molecule has 2 aromatic rings. The van der Waals surface area contributed by atoms with Crippen LogP contribution in [0.5, 0.6) is 0 Å². The van der Waals surface area contributed by atoms with Gasteiger partial charge in [0.1, 0.15) is 11.0 Å². The van der Waals surface area contributed by atoms with E-state index in [9.17, 15) is 8.42 Å². The van der Waals surface area contributed by atoms with Crippen LogP contribution in [-0.2, 0) is 14.8 Å². The lowest BCUT2D eigenvalue weighted by atomic mass is 10.3. The van der Waals surface area contributed by atoms with Crippen molar-refractivity contribution in [3.8, 4) is 0 Å². The molecule has 0 amide bonds. The maximum absolute atomic E-state index is 12.4. The summed E-state index contributed by atoms with van der Waals surface area (Å²) in [4.78, 5) is 0.268. The fourth-order valence-corrected chi connectivity index (χ4v) is 3.80. The molecular formula is C10H11N3O3S2. The number of morpholine rings is 1. The van der Waals surface area contributed by atoms with Gasteiger partial charge in [-0.1, -0.05) is 0 Å². The van der Waals surface area contributed by atoms with Crippen LogP contribution in [-0.4, -0.2) is 47.8 Å². The zero-order valence-corrected chi connectivity index (χ0v) is 11.1. The van der Waals surface area contributed by atoms with Crippen LogP contribution in [0.25, 0.3) is 11.0 Å². The summed E-state index contributed by atoms with van der Waals surface area (Å²) in [5, 5.41) is 0. The Morgan fingerprint density at radius 3 is 2.67 bits per heavy atom. The maximum atomic E-state index is 12.4. The maximum Gasteiger partial charge on any atom is 0.243 e. The first-order chi connectivity index (χ1) is 8.68. The van der Waals surface area contributed by atoms with Crippen LogP contribution in [0.2, 0.25) is 0 Å². The van der Waals surface area contributed by atoms with Crippen LogP contribution in [0, 0.1) is 0 Å². The van der Waals surface area contributed by atoms with Crippen molar-refractivity contribution in [3.05, 3.63) is 18.2 Å². The number of hydrogen-bond donors (Lipinski definition) is 0. The molecule has 6 nitrogen and oxygen atoms in total. The number of sulfonamides is 1. The van der Waals surface area contributed by atoms with Gasteiger partial charge in [0.25, 0.3) is 0 Å². The second kappa shape index (κ2) is 4.54. The van der Waals surface area contributed by atoms with E-state index >= 15 is 0 Å². The Labute approximate surface area is 109 Å². The number of benzene rings is 1. The van der Waals surface area contributed by atoms with Crippen molar-refractivity contribution >= 4 is 32.8 Å². The van der Waals surface area contributed by atoms with E-state index in [-0.39, 0.29) is 4.90 Å². The summed E-state index contributed by atoms with van der Waals surface area (Å²) >= 11 is 1.08. The standard InChI is InChI=1S/C10H11N3O3S2/c14-18(15,13-3-5-16-6-4-13)8-1-2-9-10(7-8)12-17-11-9/h1-2,7H,3-6H2. The van der Waals surface area contributed by atoms with Crippen molar-refractivity contribution in [1.82, 2.24) is 13.1 Å². The normalized spacial score (nSPS) is 18.2. The average molecular weight is 285 g/mol. The summed E-state index contributed by atoms with van der Waals surface area (Å²) in [5.41, 5.74) is 1.34. The van der Waals surface area contributed by atoms with Gasteiger partial charge in [0.2, 0.25) is 10.0 Å². The van der Waals surface area contributed by atoms with Crippen LogP contribution in [0.4, 0.5) is 0 Å². The molecule has 0 spiro atoms. The van der Waals surface area contributed by atoms with E-state index in [1.54, 1.807) is 18.2 Å². The van der Waals surface area contributed by atoms with E-state index in [1.165, 1.54) is 4.31 Å². The molecule has 0 unspecified atom stereocenters. The first kappa shape index (κ1) is 12.0. The summed E-state index contributed by atoms with van der Waals surface area (Å²) in [6.07, 6.45) is 0. The van der Waals surface area contributed by atoms with E-state index < -0.39 is 10.0 Å². The Balaban J connectivity index is 2.01. The highest BCUT2D eigenvalue weighted by molar-refractivity contribution is 7.89. The van der Waals surface area contributed by atoms with Crippen molar-refractivity contribution in [2.24, 2.45) is 0 Å². The fourth-order valence-electron chi connectivity index (χ4n) is 1.86. The zero-order chi connectivity index (χ0) is 12.6. The molecule has 1 aliphatic heterocycles. The molecule has 1 saturated heterocycles. The van der Waals surface area contributed by atoms with Gasteiger partial charge in [0, 0.05) is 13.1 Å². The summed E-state index contributed by atoms with van der Waals surface area (Å²) in [7, 11) is -3.44. The smallest absolute Gasteiger partial charge is 0.243 e. The van der Waals surface area contributed by atoms with Gasteiger partial charge < -0.3 is 4.74 Å². The molecule has 0 N–H and O–H groups in total. The van der Waals surface area contributed by atoms with Crippen molar-refractivity contribution in [1.29, 1.82) is 0 Å². The van der Waals surface area contributed by atoms with Gasteiger partial charge in [0.05, 0.1) is 29.8 Å². The van der Waals surface area contributed by atoms with E-state index in [4.69, 9.17) is 4.74 Å². The monoisotopic (exact) mass is 285 g/mol. The van der Waals surface area contributed by atoms with Crippen LogP contribution in [0.15, 0.2) is 23.1 Å². The van der Waals surface area contributed by atoms with E-state index in [0.29, 0.717) is 31.8 Å². The predicted octanol–water partition coefficient (Wildman–Crippen LogP) is 0.712. The Morgan fingerprint density at radius 2 is 1.89 bits per heavy atom. The summed E-state index contributed by atoms with van der Waals surface area (Å²) < 4.78 is 39.5. The van der Waals surface area contributed by atoms with E-state index in [2.05, 4.69) is 8.75 Å². The number of rotatable bonds is 2. The lowest BCUT2D eigenvalue weighted by Gasteiger charge is -2.25. The molecule has 3 rings (SSSR count). The van der Waals surface area contributed by atoms with E-state index in [0.717, 1.165) is 17.2 Å². The molecule has 1 aliphatic rings. The molecule has 0 radical (unpaired) electrons. The quantitative estimate of drug-likeness (QED) is 0.812. The number of nitrogens with zero attached hydrogens (tertiary/aromatic N) is 3. The first-order valence-corrected chi connectivity index (χ1v) is 7.65. The fraction of sp³-hybridized carbons (Fsp3) is 0.400. The van der Waals surface area contributed by atoms with Crippen LogP contribution >= 0.6 is 11.7 Å². The second-order valence-electron chi connectivity index (χ2n) is 3.93. The molecule has 0 bridgehead atoms. The third-order valence-corrected chi connectivity index (χ3v) is 5.28. The van der Waals surface area contributed by atoms with Gasteiger partial charge in [-0.05, 0) is 18.2 Å². The molecule has 18 heavy (non-hydrogen) atoms. The van der Waals surface area contributed by atoms with Gasteiger partial charge in [-0.25, -0.2) is 8.42 Å². The minimum atomic E-state index is -3.44. The van der Waals surface area contributed by atoms with Crippen molar-refractivity contribution < 1.29 is 13.2 Å². The largest absolute Gasteiger partial charge is 0.379 e. The van der Waals surface area contributed by atoms with Gasteiger partial charge in [-0.2, -0.15) is 13.1 Å². The average Bonchev–Trinajstić information content (AvgIpc) is 2.87. The highest BCUT2D eigenvalue weighted by Crippen LogP contribution is 2.21. The molecule has 0 atom stereocenters. The highest BCUT2D eigenvalue weighted by Gasteiger charge is 2.26. The van der Waals surface area contributed by atoms with Crippen molar-refractivity contribution in [2.75, 3.05) is 26.3 Å². The van der Waals surface area contributed by atoms with Gasteiger partial charge in [-0.3, -0.25) is 0 Å².